The average Bonchev–Trinajstić information content (AvgIpc) is 2.45. The van der Waals surface area contributed by atoms with Crippen molar-refractivity contribution in [2.24, 2.45) is 5.73 Å². The lowest BCUT2D eigenvalue weighted by molar-refractivity contribution is -0.119. The summed E-state index contributed by atoms with van der Waals surface area (Å²) in [6, 6.07) is 3.70. The average molecular weight is 313 g/mol. The van der Waals surface area contributed by atoms with Crippen LogP contribution >= 0.6 is 11.6 Å². The Labute approximate surface area is 131 Å². The number of halogens is 1. The van der Waals surface area contributed by atoms with Crippen LogP contribution in [0.1, 0.15) is 38.8 Å². The highest BCUT2D eigenvalue weighted by Gasteiger charge is 2.12. The number of primary amides is 1. The highest BCUT2D eigenvalue weighted by molar-refractivity contribution is 6.31. The molecule has 6 heteroatoms. The Bertz CT molecular complexity index is 453. The van der Waals surface area contributed by atoms with Gasteiger partial charge < -0.3 is 11.1 Å². The summed E-state index contributed by atoms with van der Waals surface area (Å²) in [7, 11) is 0. The molecule has 1 rings (SSSR count). The lowest BCUT2D eigenvalue weighted by Crippen LogP contribution is -2.34. The second-order valence-corrected chi connectivity index (χ2v) is 5.49. The van der Waals surface area contributed by atoms with Crippen LogP contribution in [0.2, 0.25) is 5.02 Å². The first kappa shape index (κ1) is 17.7. The summed E-state index contributed by atoms with van der Waals surface area (Å²) in [4.78, 5) is 17.7. The third kappa shape index (κ3) is 6.78. The van der Waals surface area contributed by atoms with Gasteiger partial charge >= 0.3 is 0 Å². The summed E-state index contributed by atoms with van der Waals surface area (Å²) >= 11 is 6.21. The predicted molar refractivity (Wildman–Crippen MR) is 87.4 cm³/mol. The van der Waals surface area contributed by atoms with Crippen molar-refractivity contribution in [1.82, 2.24) is 9.88 Å². The van der Waals surface area contributed by atoms with Gasteiger partial charge in [-0.1, -0.05) is 31.9 Å². The van der Waals surface area contributed by atoms with Crippen LogP contribution in [0, 0.1) is 0 Å². The van der Waals surface area contributed by atoms with Gasteiger partial charge in [0.25, 0.3) is 0 Å². The van der Waals surface area contributed by atoms with Gasteiger partial charge in [-0.15, -0.1) is 0 Å². The first-order valence-electron chi connectivity index (χ1n) is 7.46. The van der Waals surface area contributed by atoms with Crippen molar-refractivity contribution in [3.05, 3.63) is 22.8 Å². The number of carbonyl (C=O) groups is 1. The standard InChI is InChI=1S/C15H25ClN4O/c1-3-5-9-20(11-14(17)21)10-13-12(16)6-7-15(19-13)18-8-4-2/h6-7H,3-5,8-11H2,1-2H3,(H2,17,21)(H,18,19). The van der Waals surface area contributed by atoms with Crippen molar-refractivity contribution in [2.45, 2.75) is 39.7 Å². The number of hydrogen-bond donors (Lipinski definition) is 2. The first-order valence-corrected chi connectivity index (χ1v) is 7.84. The number of aromatic nitrogens is 1. The van der Waals surface area contributed by atoms with Crippen molar-refractivity contribution >= 4 is 23.3 Å². The summed E-state index contributed by atoms with van der Waals surface area (Å²) < 4.78 is 0. The fourth-order valence-electron chi connectivity index (χ4n) is 1.97. The molecule has 0 aliphatic heterocycles. The Morgan fingerprint density at radius 3 is 2.76 bits per heavy atom. The van der Waals surface area contributed by atoms with Crippen LogP contribution in [0.5, 0.6) is 0 Å². The minimum atomic E-state index is -0.331. The summed E-state index contributed by atoms with van der Waals surface area (Å²) in [6.45, 7) is 6.65. The smallest absolute Gasteiger partial charge is 0.231 e. The molecule has 1 amide bonds. The molecule has 0 radical (unpaired) electrons. The molecule has 5 nitrogen and oxygen atoms in total. The van der Waals surface area contributed by atoms with Crippen LogP contribution in [0.4, 0.5) is 5.82 Å². The zero-order valence-corrected chi connectivity index (χ0v) is 13.6. The molecule has 1 aromatic rings. The zero-order valence-electron chi connectivity index (χ0n) is 12.9. The molecule has 0 aliphatic rings. The normalized spacial score (nSPS) is 10.9. The van der Waals surface area contributed by atoms with E-state index in [0.717, 1.165) is 43.9 Å². The third-order valence-electron chi connectivity index (χ3n) is 3.06. The fourth-order valence-corrected chi connectivity index (χ4v) is 2.14. The number of rotatable bonds is 10. The highest BCUT2D eigenvalue weighted by Crippen LogP contribution is 2.18. The Balaban J connectivity index is 2.77. The summed E-state index contributed by atoms with van der Waals surface area (Å²) in [5.74, 6) is 0.480. The van der Waals surface area contributed by atoms with Crippen LogP contribution in [0.15, 0.2) is 12.1 Å². The molecule has 0 fully saturated rings. The number of anilines is 1. The molecule has 0 atom stereocenters. The van der Waals surface area contributed by atoms with E-state index in [4.69, 9.17) is 17.3 Å². The van der Waals surface area contributed by atoms with Gasteiger partial charge in [0.2, 0.25) is 5.91 Å². The van der Waals surface area contributed by atoms with E-state index in [1.807, 2.05) is 17.0 Å². The third-order valence-corrected chi connectivity index (χ3v) is 3.40. The van der Waals surface area contributed by atoms with Crippen LogP contribution in [-0.4, -0.2) is 35.4 Å². The maximum absolute atomic E-state index is 11.2. The predicted octanol–water partition coefficient (Wildman–Crippen LogP) is 2.64. The Morgan fingerprint density at radius 1 is 1.38 bits per heavy atom. The topological polar surface area (TPSA) is 71.2 Å². The van der Waals surface area contributed by atoms with Crippen LogP contribution < -0.4 is 11.1 Å². The summed E-state index contributed by atoms with van der Waals surface area (Å²) in [5.41, 5.74) is 6.08. The zero-order chi connectivity index (χ0) is 15.7. The second-order valence-electron chi connectivity index (χ2n) is 5.08. The number of hydrogen-bond acceptors (Lipinski definition) is 4. The quantitative estimate of drug-likeness (QED) is 0.696. The molecule has 3 N–H and O–H groups in total. The van der Waals surface area contributed by atoms with E-state index in [1.165, 1.54) is 0 Å². The molecule has 1 aromatic heterocycles. The van der Waals surface area contributed by atoms with Gasteiger partial charge in [0.05, 0.1) is 17.3 Å². The van der Waals surface area contributed by atoms with E-state index in [1.54, 1.807) is 0 Å². The Hall–Kier alpha value is -1.33. The van der Waals surface area contributed by atoms with E-state index in [0.29, 0.717) is 11.6 Å². The van der Waals surface area contributed by atoms with Crippen molar-refractivity contribution in [3.63, 3.8) is 0 Å². The molecule has 0 spiro atoms. The molecule has 21 heavy (non-hydrogen) atoms. The van der Waals surface area contributed by atoms with Gasteiger partial charge in [0, 0.05) is 13.1 Å². The monoisotopic (exact) mass is 312 g/mol. The molecular formula is C15H25ClN4O. The first-order chi connectivity index (χ1) is 10.1. The summed E-state index contributed by atoms with van der Waals surface area (Å²) in [6.07, 6.45) is 3.11. The number of nitrogens with one attached hydrogen (secondary N) is 1. The maximum atomic E-state index is 11.2. The van der Waals surface area contributed by atoms with E-state index >= 15 is 0 Å². The summed E-state index contributed by atoms with van der Waals surface area (Å²) in [5, 5.41) is 3.85. The SMILES string of the molecule is CCCCN(CC(N)=O)Cc1nc(NCCC)ccc1Cl. The molecule has 0 saturated heterocycles. The number of amides is 1. The van der Waals surface area contributed by atoms with E-state index in [-0.39, 0.29) is 12.5 Å². The van der Waals surface area contributed by atoms with Gasteiger partial charge in [-0.05, 0) is 31.5 Å². The lowest BCUT2D eigenvalue weighted by Gasteiger charge is -2.21. The molecule has 0 aliphatic carbocycles. The van der Waals surface area contributed by atoms with E-state index in [2.05, 4.69) is 24.1 Å². The van der Waals surface area contributed by atoms with Gasteiger partial charge in [-0.25, -0.2) is 4.98 Å². The molecule has 1 heterocycles. The van der Waals surface area contributed by atoms with Crippen LogP contribution in [0.3, 0.4) is 0 Å². The van der Waals surface area contributed by atoms with Gasteiger partial charge in [0.1, 0.15) is 5.82 Å². The van der Waals surface area contributed by atoms with Crippen molar-refractivity contribution in [2.75, 3.05) is 25.0 Å². The molecule has 0 saturated carbocycles. The largest absolute Gasteiger partial charge is 0.370 e. The van der Waals surface area contributed by atoms with Gasteiger partial charge in [0.15, 0.2) is 0 Å². The molecule has 118 valence electrons. The molecule has 0 unspecified atom stereocenters. The maximum Gasteiger partial charge on any atom is 0.231 e. The number of nitrogens with zero attached hydrogens (tertiary/aromatic N) is 2. The molecule has 0 aromatic carbocycles. The number of unbranched alkanes of at least 4 members (excludes halogenated alkanes) is 1. The Morgan fingerprint density at radius 2 is 2.14 bits per heavy atom. The van der Waals surface area contributed by atoms with Crippen molar-refractivity contribution in [3.8, 4) is 0 Å². The van der Waals surface area contributed by atoms with Crippen LogP contribution in [0.25, 0.3) is 0 Å². The number of nitrogens with two attached hydrogens (primary N) is 1. The van der Waals surface area contributed by atoms with Crippen molar-refractivity contribution in [1.29, 1.82) is 0 Å². The number of carbonyl (C=O) groups excluding carboxylic acids is 1. The van der Waals surface area contributed by atoms with Crippen molar-refractivity contribution < 1.29 is 4.79 Å². The minimum absolute atomic E-state index is 0.227. The molecular weight excluding hydrogens is 288 g/mol. The second kappa shape index (κ2) is 9.58. The lowest BCUT2D eigenvalue weighted by atomic mass is 10.2. The van der Waals surface area contributed by atoms with E-state index < -0.39 is 0 Å². The fraction of sp³-hybridized carbons (Fsp3) is 0.600. The molecule has 0 bridgehead atoms. The highest BCUT2D eigenvalue weighted by atomic mass is 35.5. The Kier molecular flexibility index (Phi) is 8.08. The van der Waals surface area contributed by atoms with E-state index in [9.17, 15) is 4.79 Å². The van der Waals surface area contributed by atoms with Crippen LogP contribution in [-0.2, 0) is 11.3 Å². The van der Waals surface area contributed by atoms with Gasteiger partial charge in [-0.2, -0.15) is 0 Å². The van der Waals surface area contributed by atoms with Gasteiger partial charge in [-0.3, -0.25) is 9.69 Å². The minimum Gasteiger partial charge on any atom is -0.370 e. The number of pyridine rings is 1.